The molecule has 0 unspecified atom stereocenters. The zero-order valence-corrected chi connectivity index (χ0v) is 12.2. The SMILES string of the molecule is C[C@H](NC(=O)N(CCCl)N=O)C(=O)OCc1ccccc1. The summed E-state index contributed by atoms with van der Waals surface area (Å²) in [6, 6.07) is 7.44. The van der Waals surface area contributed by atoms with Crippen LogP contribution < -0.4 is 5.32 Å². The third-order valence-corrected chi connectivity index (χ3v) is 2.72. The molecule has 0 aliphatic heterocycles. The molecule has 0 bridgehead atoms. The zero-order valence-electron chi connectivity index (χ0n) is 11.5. The van der Waals surface area contributed by atoms with Crippen molar-refractivity contribution in [2.75, 3.05) is 12.4 Å². The summed E-state index contributed by atoms with van der Waals surface area (Å²) in [5, 5.41) is 5.44. The minimum absolute atomic E-state index is 0.0390. The van der Waals surface area contributed by atoms with Crippen LogP contribution in [0.4, 0.5) is 4.79 Å². The Morgan fingerprint density at radius 1 is 1.38 bits per heavy atom. The lowest BCUT2D eigenvalue weighted by Crippen LogP contribution is -2.45. The van der Waals surface area contributed by atoms with Crippen LogP contribution in [0.2, 0.25) is 0 Å². The average Bonchev–Trinajstić information content (AvgIpc) is 2.50. The van der Waals surface area contributed by atoms with E-state index >= 15 is 0 Å². The summed E-state index contributed by atoms with van der Waals surface area (Å²) in [7, 11) is 0. The summed E-state index contributed by atoms with van der Waals surface area (Å²) in [4.78, 5) is 33.8. The van der Waals surface area contributed by atoms with Crippen molar-refractivity contribution in [1.29, 1.82) is 0 Å². The van der Waals surface area contributed by atoms with Crippen LogP contribution in [0.15, 0.2) is 35.6 Å². The van der Waals surface area contributed by atoms with E-state index in [1.54, 1.807) is 0 Å². The number of ether oxygens (including phenoxy) is 1. The van der Waals surface area contributed by atoms with Gasteiger partial charge in [-0.2, -0.15) is 5.01 Å². The molecule has 114 valence electrons. The number of urea groups is 1. The van der Waals surface area contributed by atoms with Crippen LogP contribution >= 0.6 is 11.6 Å². The van der Waals surface area contributed by atoms with Crippen molar-refractivity contribution in [3.63, 3.8) is 0 Å². The molecule has 0 aliphatic rings. The number of hydrogen-bond acceptors (Lipinski definition) is 5. The molecule has 8 heteroatoms. The van der Waals surface area contributed by atoms with Crippen LogP contribution in [-0.2, 0) is 16.1 Å². The van der Waals surface area contributed by atoms with Crippen LogP contribution in [0.3, 0.4) is 0 Å². The highest BCUT2D eigenvalue weighted by Crippen LogP contribution is 2.02. The van der Waals surface area contributed by atoms with Gasteiger partial charge in [0.2, 0.25) is 0 Å². The first kappa shape index (κ1) is 16.9. The van der Waals surface area contributed by atoms with Crippen LogP contribution in [0, 0.1) is 4.91 Å². The van der Waals surface area contributed by atoms with Gasteiger partial charge in [-0.15, -0.1) is 16.5 Å². The highest BCUT2D eigenvalue weighted by atomic mass is 35.5. The fourth-order valence-corrected chi connectivity index (χ4v) is 1.59. The number of carbonyl (C=O) groups is 2. The summed E-state index contributed by atoms with van der Waals surface area (Å²) < 4.78 is 5.06. The van der Waals surface area contributed by atoms with Gasteiger partial charge in [0.25, 0.3) is 0 Å². The number of alkyl halides is 1. The number of benzene rings is 1. The van der Waals surface area contributed by atoms with Gasteiger partial charge in [-0.1, -0.05) is 30.3 Å². The lowest BCUT2D eigenvalue weighted by atomic mass is 10.2. The molecule has 21 heavy (non-hydrogen) atoms. The van der Waals surface area contributed by atoms with E-state index in [2.05, 4.69) is 10.6 Å². The molecule has 0 aliphatic carbocycles. The number of rotatable bonds is 7. The predicted octanol–water partition coefficient (Wildman–Crippen LogP) is 2.05. The molecule has 1 aromatic carbocycles. The largest absolute Gasteiger partial charge is 0.459 e. The second kappa shape index (κ2) is 8.91. The topological polar surface area (TPSA) is 88.1 Å². The van der Waals surface area contributed by atoms with Crippen molar-refractivity contribution in [2.45, 2.75) is 19.6 Å². The summed E-state index contributed by atoms with van der Waals surface area (Å²) in [5.74, 6) is -0.546. The fraction of sp³-hybridized carbons (Fsp3) is 0.385. The van der Waals surface area contributed by atoms with Crippen molar-refractivity contribution in [3.05, 3.63) is 40.8 Å². The third-order valence-electron chi connectivity index (χ3n) is 2.55. The van der Waals surface area contributed by atoms with Crippen molar-refractivity contribution in [3.8, 4) is 0 Å². The number of carbonyl (C=O) groups excluding carboxylic acids is 2. The lowest BCUT2D eigenvalue weighted by molar-refractivity contribution is -0.146. The molecule has 1 rings (SSSR count). The van der Waals surface area contributed by atoms with Gasteiger partial charge in [0.05, 0.1) is 11.8 Å². The maximum atomic E-state index is 11.7. The van der Waals surface area contributed by atoms with Crippen LogP contribution in [0.1, 0.15) is 12.5 Å². The van der Waals surface area contributed by atoms with E-state index in [1.807, 2.05) is 30.3 Å². The number of esters is 1. The van der Waals surface area contributed by atoms with Gasteiger partial charge in [0, 0.05) is 5.88 Å². The Morgan fingerprint density at radius 2 is 2.05 bits per heavy atom. The number of nitrogens with zero attached hydrogens (tertiary/aromatic N) is 2. The molecule has 0 saturated heterocycles. The Balaban J connectivity index is 2.43. The number of nitrogens with one attached hydrogen (secondary N) is 1. The molecule has 0 aromatic heterocycles. The van der Waals surface area contributed by atoms with Crippen molar-refractivity contribution in [1.82, 2.24) is 10.3 Å². The molecule has 1 N–H and O–H groups in total. The fourth-order valence-electron chi connectivity index (χ4n) is 1.43. The summed E-state index contributed by atoms with van der Waals surface area (Å²) in [5.41, 5.74) is 0.836. The summed E-state index contributed by atoms with van der Waals surface area (Å²) in [6.45, 7) is 1.52. The maximum Gasteiger partial charge on any atom is 0.341 e. The second-order valence-electron chi connectivity index (χ2n) is 4.16. The summed E-state index contributed by atoms with van der Waals surface area (Å²) in [6.07, 6.45) is 0. The minimum atomic E-state index is -0.902. The van der Waals surface area contributed by atoms with Crippen LogP contribution in [-0.4, -0.2) is 35.5 Å². The monoisotopic (exact) mass is 313 g/mol. The van der Waals surface area contributed by atoms with Crippen LogP contribution in [0.5, 0.6) is 0 Å². The van der Waals surface area contributed by atoms with Gasteiger partial charge < -0.3 is 10.1 Å². The molecule has 0 spiro atoms. The highest BCUT2D eigenvalue weighted by Gasteiger charge is 2.21. The molecule has 7 nitrogen and oxygen atoms in total. The lowest BCUT2D eigenvalue weighted by Gasteiger charge is -2.17. The standard InChI is InChI=1S/C13H16ClN3O4/c1-10(15-13(19)17(16-20)8-7-14)12(18)21-9-11-5-3-2-4-6-11/h2-6,10H,7-9H2,1H3,(H,15,19)/t10-/m0/s1. The van der Waals surface area contributed by atoms with Gasteiger partial charge in [-0.05, 0) is 12.5 Å². The van der Waals surface area contributed by atoms with Gasteiger partial charge in [0.15, 0.2) is 0 Å². The van der Waals surface area contributed by atoms with E-state index in [0.717, 1.165) is 5.56 Å². The highest BCUT2D eigenvalue weighted by molar-refractivity contribution is 6.18. The van der Waals surface area contributed by atoms with E-state index in [4.69, 9.17) is 16.3 Å². The summed E-state index contributed by atoms with van der Waals surface area (Å²) >= 11 is 5.42. The second-order valence-corrected chi connectivity index (χ2v) is 4.54. The average molecular weight is 314 g/mol. The number of nitroso groups, excluding NO2 is 1. The first-order valence-corrected chi connectivity index (χ1v) is 6.79. The van der Waals surface area contributed by atoms with Crippen molar-refractivity contribution < 1.29 is 14.3 Å². The zero-order chi connectivity index (χ0) is 15.7. The Labute approximate surface area is 127 Å². The smallest absolute Gasteiger partial charge is 0.341 e. The molecule has 0 heterocycles. The van der Waals surface area contributed by atoms with Crippen molar-refractivity contribution >= 4 is 23.6 Å². The predicted molar refractivity (Wildman–Crippen MR) is 77.5 cm³/mol. The normalized spacial score (nSPS) is 11.3. The van der Waals surface area contributed by atoms with E-state index in [0.29, 0.717) is 5.01 Å². The Bertz CT molecular complexity index is 484. The Hall–Kier alpha value is -2.15. The molecular weight excluding hydrogens is 298 g/mol. The molecule has 0 fully saturated rings. The van der Waals surface area contributed by atoms with Gasteiger partial charge >= 0.3 is 12.0 Å². The minimum Gasteiger partial charge on any atom is -0.459 e. The quantitative estimate of drug-likeness (QED) is 0.361. The first-order chi connectivity index (χ1) is 10.1. The third kappa shape index (κ3) is 5.78. The molecule has 1 aromatic rings. The van der Waals surface area contributed by atoms with Gasteiger partial charge in [-0.3, -0.25) is 0 Å². The van der Waals surface area contributed by atoms with Crippen LogP contribution in [0.25, 0.3) is 0 Å². The maximum absolute atomic E-state index is 11.7. The number of hydrogen-bond donors (Lipinski definition) is 1. The molecule has 2 amide bonds. The Morgan fingerprint density at radius 3 is 2.62 bits per heavy atom. The van der Waals surface area contributed by atoms with E-state index in [9.17, 15) is 14.5 Å². The van der Waals surface area contributed by atoms with E-state index in [1.165, 1.54) is 6.92 Å². The first-order valence-electron chi connectivity index (χ1n) is 6.26. The molecule has 1 atom stereocenters. The van der Waals surface area contributed by atoms with Gasteiger partial charge in [-0.25, -0.2) is 9.59 Å². The molecule has 0 radical (unpaired) electrons. The number of halogens is 1. The van der Waals surface area contributed by atoms with E-state index < -0.39 is 18.0 Å². The van der Waals surface area contributed by atoms with Crippen molar-refractivity contribution in [2.24, 2.45) is 5.29 Å². The Kier molecular flexibility index (Phi) is 7.17. The molecule has 0 saturated carbocycles. The number of amides is 2. The van der Waals surface area contributed by atoms with Gasteiger partial charge in [0.1, 0.15) is 12.6 Å². The molecular formula is C13H16ClN3O4. The van der Waals surface area contributed by atoms with E-state index in [-0.39, 0.29) is 19.0 Å².